The van der Waals surface area contributed by atoms with Crippen molar-refractivity contribution in [1.29, 1.82) is 0 Å². The number of carbonyl (C=O) groups excluding carboxylic acids is 1. The Morgan fingerprint density at radius 1 is 1.42 bits per heavy atom. The SMILES string of the molecule is CCOC(=O)c1cnc(-c2cscn2)nc1C(C)C. The van der Waals surface area contributed by atoms with Crippen LogP contribution in [-0.2, 0) is 4.74 Å². The average Bonchev–Trinajstić information content (AvgIpc) is 2.92. The van der Waals surface area contributed by atoms with E-state index in [0.717, 1.165) is 5.69 Å². The fraction of sp³-hybridized carbons (Fsp3) is 0.385. The van der Waals surface area contributed by atoms with Gasteiger partial charge >= 0.3 is 5.97 Å². The van der Waals surface area contributed by atoms with Gasteiger partial charge in [-0.3, -0.25) is 0 Å². The number of hydrogen-bond donors (Lipinski definition) is 0. The van der Waals surface area contributed by atoms with Gasteiger partial charge in [-0.05, 0) is 12.8 Å². The van der Waals surface area contributed by atoms with Crippen molar-refractivity contribution >= 4 is 17.3 Å². The molecule has 0 aliphatic carbocycles. The van der Waals surface area contributed by atoms with E-state index >= 15 is 0 Å². The highest BCUT2D eigenvalue weighted by Gasteiger charge is 2.19. The smallest absolute Gasteiger partial charge is 0.341 e. The minimum absolute atomic E-state index is 0.111. The lowest BCUT2D eigenvalue weighted by molar-refractivity contribution is 0.0523. The minimum Gasteiger partial charge on any atom is -0.462 e. The van der Waals surface area contributed by atoms with Gasteiger partial charge in [-0.25, -0.2) is 19.7 Å². The van der Waals surface area contributed by atoms with Crippen molar-refractivity contribution < 1.29 is 9.53 Å². The summed E-state index contributed by atoms with van der Waals surface area (Å²) in [4.78, 5) is 24.7. The van der Waals surface area contributed by atoms with Crippen LogP contribution in [0.2, 0.25) is 0 Å². The standard InChI is InChI=1S/C13H15N3O2S/c1-4-18-13(17)9-5-14-12(10-6-19-7-15-10)16-11(9)8(2)3/h5-8H,4H2,1-3H3. The Morgan fingerprint density at radius 2 is 2.21 bits per heavy atom. The number of esters is 1. The highest BCUT2D eigenvalue weighted by Crippen LogP contribution is 2.22. The Labute approximate surface area is 115 Å². The van der Waals surface area contributed by atoms with Crippen LogP contribution in [-0.4, -0.2) is 27.5 Å². The lowest BCUT2D eigenvalue weighted by Gasteiger charge is -2.11. The van der Waals surface area contributed by atoms with Gasteiger partial charge in [0.15, 0.2) is 5.82 Å². The quantitative estimate of drug-likeness (QED) is 0.804. The first-order chi connectivity index (χ1) is 9.13. The lowest BCUT2D eigenvalue weighted by atomic mass is 10.1. The van der Waals surface area contributed by atoms with Gasteiger partial charge in [-0.1, -0.05) is 13.8 Å². The van der Waals surface area contributed by atoms with Gasteiger partial charge in [0, 0.05) is 11.6 Å². The number of aromatic nitrogens is 3. The number of rotatable bonds is 4. The van der Waals surface area contributed by atoms with Crippen LogP contribution in [0.15, 0.2) is 17.1 Å². The monoisotopic (exact) mass is 277 g/mol. The molecule has 100 valence electrons. The lowest BCUT2D eigenvalue weighted by Crippen LogP contribution is -2.12. The molecule has 0 unspecified atom stereocenters. The molecule has 0 spiro atoms. The van der Waals surface area contributed by atoms with Crippen LogP contribution in [0.25, 0.3) is 11.5 Å². The summed E-state index contributed by atoms with van der Waals surface area (Å²) < 4.78 is 5.02. The first-order valence-corrected chi connectivity index (χ1v) is 7.00. The molecule has 5 nitrogen and oxygen atoms in total. The fourth-order valence-corrected chi connectivity index (χ4v) is 2.18. The van der Waals surface area contributed by atoms with Crippen molar-refractivity contribution in [3.63, 3.8) is 0 Å². The van der Waals surface area contributed by atoms with E-state index in [0.29, 0.717) is 23.7 Å². The van der Waals surface area contributed by atoms with Gasteiger partial charge in [0.25, 0.3) is 0 Å². The molecule has 2 rings (SSSR count). The molecule has 0 N–H and O–H groups in total. The molecule has 0 saturated carbocycles. The van der Waals surface area contributed by atoms with E-state index in [-0.39, 0.29) is 11.9 Å². The number of carbonyl (C=O) groups is 1. The Balaban J connectivity index is 2.44. The molecule has 2 heterocycles. The first kappa shape index (κ1) is 13.6. The summed E-state index contributed by atoms with van der Waals surface area (Å²) in [7, 11) is 0. The maximum absolute atomic E-state index is 11.9. The maximum Gasteiger partial charge on any atom is 0.341 e. The summed E-state index contributed by atoms with van der Waals surface area (Å²) in [5, 5.41) is 1.88. The van der Waals surface area contributed by atoms with Gasteiger partial charge in [-0.2, -0.15) is 0 Å². The van der Waals surface area contributed by atoms with Crippen LogP contribution < -0.4 is 0 Å². The van der Waals surface area contributed by atoms with E-state index < -0.39 is 0 Å². The Morgan fingerprint density at radius 3 is 2.79 bits per heavy atom. The fourth-order valence-electron chi connectivity index (χ4n) is 1.65. The molecular weight excluding hydrogens is 262 g/mol. The molecule has 0 saturated heterocycles. The molecule has 6 heteroatoms. The van der Waals surface area contributed by atoms with Crippen LogP contribution in [0.5, 0.6) is 0 Å². The molecule has 0 amide bonds. The second-order valence-corrected chi connectivity index (χ2v) is 4.96. The number of ether oxygens (including phenoxy) is 1. The topological polar surface area (TPSA) is 65.0 Å². The first-order valence-electron chi connectivity index (χ1n) is 6.06. The van der Waals surface area contributed by atoms with Crippen molar-refractivity contribution in [3.8, 4) is 11.5 Å². The zero-order chi connectivity index (χ0) is 13.8. The van der Waals surface area contributed by atoms with E-state index in [1.54, 1.807) is 12.4 Å². The van der Waals surface area contributed by atoms with Crippen molar-refractivity contribution in [2.75, 3.05) is 6.61 Å². The summed E-state index contributed by atoms with van der Waals surface area (Å²) in [5.41, 5.74) is 3.57. The predicted molar refractivity (Wildman–Crippen MR) is 73.2 cm³/mol. The average molecular weight is 277 g/mol. The normalized spacial score (nSPS) is 10.7. The third kappa shape index (κ3) is 2.96. The van der Waals surface area contributed by atoms with E-state index in [1.165, 1.54) is 17.5 Å². The molecule has 0 atom stereocenters. The molecule has 0 radical (unpaired) electrons. The van der Waals surface area contributed by atoms with Crippen LogP contribution in [0.4, 0.5) is 0 Å². The van der Waals surface area contributed by atoms with Crippen LogP contribution in [0, 0.1) is 0 Å². The van der Waals surface area contributed by atoms with Gasteiger partial charge in [-0.15, -0.1) is 11.3 Å². The Hall–Kier alpha value is -1.82. The summed E-state index contributed by atoms with van der Waals surface area (Å²) in [6.07, 6.45) is 1.52. The molecule has 2 aromatic rings. The molecule has 0 fully saturated rings. The highest BCUT2D eigenvalue weighted by molar-refractivity contribution is 7.07. The largest absolute Gasteiger partial charge is 0.462 e. The van der Waals surface area contributed by atoms with E-state index in [9.17, 15) is 4.79 Å². The number of nitrogens with zero attached hydrogens (tertiary/aromatic N) is 3. The Bertz CT molecular complexity index is 567. The highest BCUT2D eigenvalue weighted by atomic mass is 32.1. The van der Waals surface area contributed by atoms with E-state index in [1.807, 2.05) is 19.2 Å². The third-order valence-electron chi connectivity index (χ3n) is 2.52. The summed E-state index contributed by atoms with van der Waals surface area (Å²) in [6, 6.07) is 0. The van der Waals surface area contributed by atoms with Gasteiger partial charge in [0.2, 0.25) is 0 Å². The number of thiazole rings is 1. The molecule has 0 aromatic carbocycles. The zero-order valence-corrected chi connectivity index (χ0v) is 11.9. The molecule has 0 aliphatic rings. The van der Waals surface area contributed by atoms with Gasteiger partial charge in [0.1, 0.15) is 5.69 Å². The molecule has 0 aliphatic heterocycles. The van der Waals surface area contributed by atoms with E-state index in [2.05, 4.69) is 15.0 Å². The molecule has 19 heavy (non-hydrogen) atoms. The van der Waals surface area contributed by atoms with Crippen LogP contribution >= 0.6 is 11.3 Å². The predicted octanol–water partition coefficient (Wildman–Crippen LogP) is 2.90. The Kier molecular flexibility index (Phi) is 4.21. The second-order valence-electron chi connectivity index (χ2n) is 4.24. The second kappa shape index (κ2) is 5.88. The van der Waals surface area contributed by atoms with Crippen molar-refractivity contribution in [2.24, 2.45) is 0 Å². The van der Waals surface area contributed by atoms with Gasteiger partial charge < -0.3 is 4.74 Å². The maximum atomic E-state index is 11.9. The summed E-state index contributed by atoms with van der Waals surface area (Å²) >= 11 is 1.48. The summed E-state index contributed by atoms with van der Waals surface area (Å²) in [5.74, 6) is 0.272. The molecule has 2 aromatic heterocycles. The van der Waals surface area contributed by atoms with Crippen LogP contribution in [0.3, 0.4) is 0 Å². The third-order valence-corrected chi connectivity index (χ3v) is 3.11. The van der Waals surface area contributed by atoms with E-state index in [4.69, 9.17) is 4.74 Å². The minimum atomic E-state index is -0.379. The molecule has 0 bridgehead atoms. The van der Waals surface area contributed by atoms with Crippen molar-refractivity contribution in [2.45, 2.75) is 26.7 Å². The summed E-state index contributed by atoms with van der Waals surface area (Å²) in [6.45, 7) is 6.08. The number of hydrogen-bond acceptors (Lipinski definition) is 6. The molecular formula is C13H15N3O2S. The van der Waals surface area contributed by atoms with Crippen LogP contribution in [0.1, 0.15) is 42.7 Å². The van der Waals surface area contributed by atoms with Crippen molar-refractivity contribution in [1.82, 2.24) is 15.0 Å². The zero-order valence-electron chi connectivity index (χ0n) is 11.1. The van der Waals surface area contributed by atoms with Crippen molar-refractivity contribution in [3.05, 3.63) is 28.3 Å². The van der Waals surface area contributed by atoms with Gasteiger partial charge in [0.05, 0.1) is 23.4 Å².